The number of carboxylic acids is 1. The van der Waals surface area contributed by atoms with Gasteiger partial charge in [0.25, 0.3) is 0 Å². The Morgan fingerprint density at radius 1 is 1.05 bits per heavy atom. The molecular weight excluding hydrogens is 238 g/mol. The molecule has 3 nitrogen and oxygen atoms in total. The number of nitrogens with zero attached hydrogens (tertiary/aromatic N) is 1. The first-order valence-corrected chi connectivity index (χ1v) is 6.11. The molecule has 94 valence electrons. The molecule has 0 aliphatic rings. The van der Waals surface area contributed by atoms with Crippen LogP contribution in [0.4, 0.5) is 0 Å². The largest absolute Gasteiger partial charge is 0.478 e. The number of benzene rings is 2. The molecular formula is C16H13NO2. The lowest BCUT2D eigenvalue weighted by Crippen LogP contribution is -1.99. The lowest BCUT2D eigenvalue weighted by atomic mass is 10.0. The van der Waals surface area contributed by atoms with Crippen molar-refractivity contribution in [1.82, 2.24) is 4.98 Å². The molecule has 0 spiro atoms. The molecule has 3 aromatic rings. The average Bonchev–Trinajstić information content (AvgIpc) is 2.40. The number of rotatable bonds is 1. The van der Waals surface area contributed by atoms with Gasteiger partial charge in [-0.3, -0.25) is 0 Å². The molecule has 0 saturated heterocycles. The van der Waals surface area contributed by atoms with E-state index in [-0.39, 0.29) is 5.56 Å². The number of pyridine rings is 1. The smallest absolute Gasteiger partial charge is 0.337 e. The van der Waals surface area contributed by atoms with E-state index < -0.39 is 5.97 Å². The quantitative estimate of drug-likeness (QED) is 0.671. The van der Waals surface area contributed by atoms with E-state index in [9.17, 15) is 9.90 Å². The number of aromatic nitrogens is 1. The van der Waals surface area contributed by atoms with Crippen molar-refractivity contribution in [2.45, 2.75) is 13.8 Å². The van der Waals surface area contributed by atoms with Gasteiger partial charge in [-0.15, -0.1) is 0 Å². The normalized spacial score (nSPS) is 11.1. The molecule has 1 heterocycles. The van der Waals surface area contributed by atoms with E-state index in [0.717, 1.165) is 27.4 Å². The molecule has 1 N–H and O–H groups in total. The summed E-state index contributed by atoms with van der Waals surface area (Å²) in [7, 11) is 0. The number of fused-ring (bicyclic) bond motifs is 2. The molecule has 0 bridgehead atoms. The van der Waals surface area contributed by atoms with E-state index in [1.807, 2.05) is 32.0 Å². The van der Waals surface area contributed by atoms with Crippen LogP contribution in [0.3, 0.4) is 0 Å². The summed E-state index contributed by atoms with van der Waals surface area (Å²) in [5.74, 6) is -0.942. The van der Waals surface area contributed by atoms with Crippen LogP contribution in [0.1, 0.15) is 21.5 Å². The maximum Gasteiger partial charge on any atom is 0.337 e. The number of hydrogen-bond acceptors (Lipinski definition) is 2. The standard InChI is InChI=1S/C16H13NO2/c1-9-6-7-10(2)14-13(9)8-11-4-3-5-12(16(18)19)15(11)17-14/h3-8H,1-2H3,(H,18,19). The third-order valence-corrected chi connectivity index (χ3v) is 3.46. The van der Waals surface area contributed by atoms with Crippen molar-refractivity contribution in [2.75, 3.05) is 0 Å². The number of carboxylic acid groups (broad SMARTS) is 1. The van der Waals surface area contributed by atoms with Crippen LogP contribution < -0.4 is 0 Å². The Kier molecular flexibility index (Phi) is 2.49. The highest BCUT2D eigenvalue weighted by Crippen LogP contribution is 2.26. The van der Waals surface area contributed by atoms with Gasteiger partial charge in [0.2, 0.25) is 0 Å². The first-order valence-electron chi connectivity index (χ1n) is 6.11. The Hall–Kier alpha value is -2.42. The summed E-state index contributed by atoms with van der Waals surface area (Å²) in [6.45, 7) is 4.03. The van der Waals surface area contributed by atoms with Crippen LogP contribution in [0, 0.1) is 13.8 Å². The fourth-order valence-corrected chi connectivity index (χ4v) is 2.39. The maximum absolute atomic E-state index is 11.3. The van der Waals surface area contributed by atoms with Gasteiger partial charge in [0.05, 0.1) is 16.6 Å². The van der Waals surface area contributed by atoms with Gasteiger partial charge in [-0.2, -0.15) is 0 Å². The number of aromatic carboxylic acids is 1. The number of hydrogen-bond donors (Lipinski definition) is 1. The Morgan fingerprint density at radius 3 is 2.53 bits per heavy atom. The van der Waals surface area contributed by atoms with Crippen LogP contribution >= 0.6 is 0 Å². The summed E-state index contributed by atoms with van der Waals surface area (Å²) in [5.41, 5.74) is 3.89. The molecule has 0 fully saturated rings. The molecule has 2 aromatic carbocycles. The summed E-state index contributed by atoms with van der Waals surface area (Å²) in [6.07, 6.45) is 0. The van der Waals surface area contributed by atoms with Gasteiger partial charge in [-0.1, -0.05) is 24.3 Å². The van der Waals surface area contributed by atoms with E-state index in [4.69, 9.17) is 0 Å². The molecule has 0 radical (unpaired) electrons. The molecule has 0 saturated carbocycles. The van der Waals surface area contributed by atoms with Crippen molar-refractivity contribution >= 4 is 27.8 Å². The first kappa shape index (κ1) is 11.7. The minimum Gasteiger partial charge on any atom is -0.478 e. The van der Waals surface area contributed by atoms with Crippen molar-refractivity contribution < 1.29 is 9.90 Å². The minimum absolute atomic E-state index is 0.250. The van der Waals surface area contributed by atoms with Gasteiger partial charge in [-0.25, -0.2) is 9.78 Å². The van der Waals surface area contributed by atoms with Crippen molar-refractivity contribution in [3.8, 4) is 0 Å². The van der Waals surface area contributed by atoms with E-state index in [0.29, 0.717) is 5.52 Å². The Morgan fingerprint density at radius 2 is 1.79 bits per heavy atom. The monoisotopic (exact) mass is 251 g/mol. The van der Waals surface area contributed by atoms with Crippen molar-refractivity contribution in [1.29, 1.82) is 0 Å². The summed E-state index contributed by atoms with van der Waals surface area (Å²) in [5, 5.41) is 11.2. The minimum atomic E-state index is -0.942. The van der Waals surface area contributed by atoms with Crippen LogP contribution in [-0.4, -0.2) is 16.1 Å². The molecule has 0 unspecified atom stereocenters. The lowest BCUT2D eigenvalue weighted by Gasteiger charge is -2.08. The third-order valence-electron chi connectivity index (χ3n) is 3.46. The van der Waals surface area contributed by atoms with Gasteiger partial charge in [-0.05, 0) is 37.1 Å². The molecule has 19 heavy (non-hydrogen) atoms. The highest BCUT2D eigenvalue weighted by atomic mass is 16.4. The lowest BCUT2D eigenvalue weighted by molar-refractivity contribution is 0.0699. The van der Waals surface area contributed by atoms with Crippen LogP contribution in [0.5, 0.6) is 0 Å². The Labute approximate surface area is 110 Å². The van der Waals surface area contributed by atoms with Crippen molar-refractivity contribution in [3.05, 3.63) is 53.1 Å². The van der Waals surface area contributed by atoms with Gasteiger partial charge in [0.15, 0.2) is 0 Å². The van der Waals surface area contributed by atoms with Gasteiger partial charge < -0.3 is 5.11 Å². The molecule has 0 aliphatic heterocycles. The second-order valence-electron chi connectivity index (χ2n) is 4.77. The number of aryl methyl sites for hydroxylation is 2. The fourth-order valence-electron chi connectivity index (χ4n) is 2.39. The maximum atomic E-state index is 11.3. The van der Waals surface area contributed by atoms with E-state index in [1.165, 1.54) is 0 Å². The van der Waals surface area contributed by atoms with Crippen molar-refractivity contribution in [2.24, 2.45) is 0 Å². The molecule has 0 amide bonds. The topological polar surface area (TPSA) is 50.2 Å². The van der Waals surface area contributed by atoms with E-state index in [2.05, 4.69) is 11.1 Å². The zero-order chi connectivity index (χ0) is 13.6. The SMILES string of the molecule is Cc1ccc(C)c2nc3c(C(=O)O)cccc3cc12. The molecule has 0 aliphatic carbocycles. The molecule has 0 atom stereocenters. The Balaban J connectivity index is 2.52. The molecule has 3 heteroatoms. The number of para-hydroxylation sites is 1. The Bertz CT molecular complexity index is 822. The summed E-state index contributed by atoms with van der Waals surface area (Å²) >= 11 is 0. The van der Waals surface area contributed by atoms with Crippen LogP contribution in [-0.2, 0) is 0 Å². The first-order chi connectivity index (χ1) is 9.08. The average molecular weight is 251 g/mol. The highest BCUT2D eigenvalue weighted by Gasteiger charge is 2.11. The van der Waals surface area contributed by atoms with Crippen LogP contribution in [0.2, 0.25) is 0 Å². The zero-order valence-electron chi connectivity index (χ0n) is 10.8. The fraction of sp³-hybridized carbons (Fsp3) is 0.125. The zero-order valence-corrected chi connectivity index (χ0v) is 10.8. The van der Waals surface area contributed by atoms with E-state index >= 15 is 0 Å². The van der Waals surface area contributed by atoms with Crippen LogP contribution in [0.25, 0.3) is 21.8 Å². The van der Waals surface area contributed by atoms with Gasteiger partial charge >= 0.3 is 5.97 Å². The predicted octanol–water partition coefficient (Wildman–Crippen LogP) is 3.70. The van der Waals surface area contributed by atoms with Crippen molar-refractivity contribution in [3.63, 3.8) is 0 Å². The highest BCUT2D eigenvalue weighted by molar-refractivity contribution is 6.05. The predicted molar refractivity (Wildman–Crippen MR) is 75.7 cm³/mol. The second-order valence-corrected chi connectivity index (χ2v) is 4.77. The van der Waals surface area contributed by atoms with Gasteiger partial charge in [0.1, 0.15) is 0 Å². The summed E-state index contributed by atoms with van der Waals surface area (Å²) in [6, 6.07) is 11.3. The number of carbonyl (C=O) groups is 1. The summed E-state index contributed by atoms with van der Waals surface area (Å²) < 4.78 is 0. The van der Waals surface area contributed by atoms with Crippen LogP contribution in [0.15, 0.2) is 36.4 Å². The molecule has 1 aromatic heterocycles. The van der Waals surface area contributed by atoms with E-state index in [1.54, 1.807) is 12.1 Å². The molecule has 3 rings (SSSR count). The second kappa shape index (κ2) is 4.05. The summed E-state index contributed by atoms with van der Waals surface area (Å²) in [4.78, 5) is 15.8. The van der Waals surface area contributed by atoms with Gasteiger partial charge in [0, 0.05) is 10.8 Å². The third kappa shape index (κ3) is 1.74.